The summed E-state index contributed by atoms with van der Waals surface area (Å²) in [6.45, 7) is 6.46. The van der Waals surface area contributed by atoms with E-state index in [1.54, 1.807) is 7.11 Å². The van der Waals surface area contributed by atoms with E-state index in [9.17, 15) is 0 Å². The van der Waals surface area contributed by atoms with E-state index in [4.69, 9.17) is 14.5 Å². The van der Waals surface area contributed by atoms with Crippen LogP contribution in [0.3, 0.4) is 0 Å². The average molecular weight is 201 g/mol. The molecule has 0 radical (unpaired) electrons. The molecule has 14 heavy (non-hydrogen) atoms. The van der Waals surface area contributed by atoms with Crippen LogP contribution in [0.5, 0.6) is 0 Å². The Labute approximate surface area is 84.8 Å². The average Bonchev–Trinajstić information content (AvgIpc) is 2.17. The van der Waals surface area contributed by atoms with Crippen molar-refractivity contribution in [3.63, 3.8) is 0 Å². The van der Waals surface area contributed by atoms with Gasteiger partial charge in [-0.2, -0.15) is 0 Å². The van der Waals surface area contributed by atoms with Crippen LogP contribution in [0, 0.1) is 0 Å². The zero-order chi connectivity index (χ0) is 10.3. The Bertz CT molecular complexity index is 212. The molecule has 4 nitrogen and oxygen atoms in total. The molecule has 1 aliphatic carbocycles. The van der Waals surface area contributed by atoms with E-state index in [1.807, 2.05) is 0 Å². The molecule has 0 amide bonds. The first-order valence-electron chi connectivity index (χ1n) is 5.14. The van der Waals surface area contributed by atoms with Gasteiger partial charge in [-0.15, -0.1) is 0 Å². The van der Waals surface area contributed by atoms with Crippen LogP contribution < -0.4 is 5.32 Å². The van der Waals surface area contributed by atoms with Gasteiger partial charge in [-0.1, -0.05) is 0 Å². The molecule has 1 saturated carbocycles. The van der Waals surface area contributed by atoms with E-state index in [-0.39, 0.29) is 23.9 Å². The highest BCUT2D eigenvalue weighted by atomic mass is 17.3. The van der Waals surface area contributed by atoms with Gasteiger partial charge >= 0.3 is 0 Å². The molecule has 2 rings (SSSR count). The first kappa shape index (κ1) is 10.4. The largest absolute Gasteiger partial charge is 0.378 e. The van der Waals surface area contributed by atoms with Gasteiger partial charge < -0.3 is 10.1 Å². The maximum atomic E-state index is 5.34. The van der Waals surface area contributed by atoms with Gasteiger partial charge in [0, 0.05) is 18.7 Å². The molecule has 0 aromatic carbocycles. The van der Waals surface area contributed by atoms with Crippen LogP contribution in [0.15, 0.2) is 0 Å². The van der Waals surface area contributed by atoms with Gasteiger partial charge in [-0.3, -0.25) is 0 Å². The fourth-order valence-electron chi connectivity index (χ4n) is 2.20. The number of hydrogen-bond acceptors (Lipinski definition) is 4. The molecule has 0 unspecified atom stereocenters. The number of methoxy groups -OCH3 is 1. The summed E-state index contributed by atoms with van der Waals surface area (Å²) in [6, 6.07) is 0.346. The Hall–Kier alpha value is -0.160. The maximum absolute atomic E-state index is 5.34. The Morgan fingerprint density at radius 1 is 1.21 bits per heavy atom. The third-order valence-electron chi connectivity index (χ3n) is 2.77. The van der Waals surface area contributed by atoms with E-state index in [0.717, 1.165) is 6.42 Å². The molecule has 4 heteroatoms. The SMILES string of the molecule is CO[C@H]1C[C@@H](NC(C)(C)C)[C@@H]2OO[C@@H]21. The summed E-state index contributed by atoms with van der Waals surface area (Å²) in [6.07, 6.45) is 1.43. The fourth-order valence-corrected chi connectivity index (χ4v) is 2.20. The van der Waals surface area contributed by atoms with Crippen LogP contribution in [0.1, 0.15) is 27.2 Å². The topological polar surface area (TPSA) is 39.7 Å². The van der Waals surface area contributed by atoms with Crippen molar-refractivity contribution in [3.05, 3.63) is 0 Å². The van der Waals surface area contributed by atoms with Crippen molar-refractivity contribution < 1.29 is 14.5 Å². The second kappa shape index (κ2) is 3.45. The molecular formula is C10H19NO3. The number of ether oxygens (including phenoxy) is 1. The van der Waals surface area contributed by atoms with Gasteiger partial charge in [0.2, 0.25) is 0 Å². The van der Waals surface area contributed by atoms with Crippen molar-refractivity contribution in [2.45, 2.75) is 57.1 Å². The summed E-state index contributed by atoms with van der Waals surface area (Å²) in [4.78, 5) is 10.1. The Balaban J connectivity index is 1.95. The van der Waals surface area contributed by atoms with Gasteiger partial charge in [0.05, 0.1) is 6.10 Å². The highest BCUT2D eigenvalue weighted by Crippen LogP contribution is 2.36. The number of rotatable bonds is 2. The van der Waals surface area contributed by atoms with Crippen LogP contribution in [0.4, 0.5) is 0 Å². The molecule has 0 spiro atoms. The molecular weight excluding hydrogens is 182 g/mol. The highest BCUT2D eigenvalue weighted by Gasteiger charge is 2.53. The van der Waals surface area contributed by atoms with Gasteiger partial charge in [-0.25, -0.2) is 9.78 Å². The molecule has 0 aromatic rings. The summed E-state index contributed by atoms with van der Waals surface area (Å²) in [5.74, 6) is 0. The van der Waals surface area contributed by atoms with Crippen molar-refractivity contribution in [3.8, 4) is 0 Å². The molecule has 0 aromatic heterocycles. The lowest BCUT2D eigenvalue weighted by Crippen LogP contribution is -2.55. The Kier molecular flexibility index (Phi) is 2.55. The molecule has 2 aliphatic rings. The third kappa shape index (κ3) is 1.80. The zero-order valence-electron chi connectivity index (χ0n) is 9.24. The van der Waals surface area contributed by atoms with E-state index < -0.39 is 0 Å². The second-order valence-corrected chi connectivity index (χ2v) is 5.13. The van der Waals surface area contributed by atoms with Crippen LogP contribution in [0.25, 0.3) is 0 Å². The molecule has 2 fully saturated rings. The van der Waals surface area contributed by atoms with Crippen LogP contribution in [0.2, 0.25) is 0 Å². The predicted molar refractivity (Wildman–Crippen MR) is 51.8 cm³/mol. The van der Waals surface area contributed by atoms with Gasteiger partial charge in [0.15, 0.2) is 0 Å². The molecule has 0 bridgehead atoms. The second-order valence-electron chi connectivity index (χ2n) is 5.13. The molecule has 4 atom stereocenters. The third-order valence-corrected chi connectivity index (χ3v) is 2.77. The molecule has 1 heterocycles. The summed E-state index contributed by atoms with van der Waals surface area (Å²) in [5.41, 5.74) is 0.108. The van der Waals surface area contributed by atoms with Gasteiger partial charge in [0.1, 0.15) is 12.2 Å². The van der Waals surface area contributed by atoms with Crippen molar-refractivity contribution in [1.29, 1.82) is 0 Å². The van der Waals surface area contributed by atoms with Crippen LogP contribution in [-0.2, 0) is 14.5 Å². The lowest BCUT2D eigenvalue weighted by molar-refractivity contribution is -0.467. The molecule has 1 N–H and O–H groups in total. The van der Waals surface area contributed by atoms with Crippen molar-refractivity contribution in [2.75, 3.05) is 7.11 Å². The summed E-state index contributed by atoms with van der Waals surface area (Å²) in [5, 5.41) is 3.53. The lowest BCUT2D eigenvalue weighted by atomic mass is 10.1. The minimum absolute atomic E-state index is 0.108. The standard InChI is InChI=1S/C10H19NO3/c1-10(2,3)11-6-5-7(12-4)9-8(6)13-14-9/h6-9,11H,5H2,1-4H3/t6-,7+,8+,9-/m1/s1. The summed E-state index contributed by atoms with van der Waals surface area (Å²) >= 11 is 0. The Morgan fingerprint density at radius 2 is 1.86 bits per heavy atom. The van der Waals surface area contributed by atoms with Crippen molar-refractivity contribution in [2.24, 2.45) is 0 Å². The van der Waals surface area contributed by atoms with Crippen LogP contribution in [-0.4, -0.2) is 37.0 Å². The van der Waals surface area contributed by atoms with Crippen molar-refractivity contribution >= 4 is 0 Å². The smallest absolute Gasteiger partial charge is 0.150 e. The molecule has 1 saturated heterocycles. The van der Waals surface area contributed by atoms with Crippen LogP contribution >= 0.6 is 0 Å². The first-order chi connectivity index (χ1) is 6.51. The van der Waals surface area contributed by atoms with E-state index in [1.165, 1.54) is 0 Å². The highest BCUT2D eigenvalue weighted by molar-refractivity contribution is 5.02. The number of nitrogens with one attached hydrogen (secondary N) is 1. The first-order valence-corrected chi connectivity index (χ1v) is 5.14. The zero-order valence-corrected chi connectivity index (χ0v) is 9.24. The minimum Gasteiger partial charge on any atom is -0.378 e. The normalized spacial score (nSPS) is 42.0. The lowest BCUT2D eigenvalue weighted by Gasteiger charge is -2.36. The monoisotopic (exact) mass is 201 g/mol. The maximum Gasteiger partial charge on any atom is 0.150 e. The van der Waals surface area contributed by atoms with Gasteiger partial charge in [0.25, 0.3) is 0 Å². The summed E-state index contributed by atoms with van der Waals surface area (Å²) in [7, 11) is 1.73. The van der Waals surface area contributed by atoms with E-state index in [2.05, 4.69) is 26.1 Å². The quantitative estimate of drug-likeness (QED) is 0.673. The number of hydrogen-bond donors (Lipinski definition) is 1. The predicted octanol–water partition coefficient (Wildman–Crippen LogP) is 0.861. The minimum atomic E-state index is 0.108. The fraction of sp³-hybridized carbons (Fsp3) is 1.00. The Morgan fingerprint density at radius 3 is 2.21 bits per heavy atom. The summed E-state index contributed by atoms with van der Waals surface area (Å²) < 4.78 is 5.34. The van der Waals surface area contributed by atoms with Crippen molar-refractivity contribution in [1.82, 2.24) is 5.32 Å². The molecule has 82 valence electrons. The van der Waals surface area contributed by atoms with E-state index in [0.29, 0.717) is 6.04 Å². The van der Waals surface area contributed by atoms with Gasteiger partial charge in [-0.05, 0) is 27.2 Å². The van der Waals surface area contributed by atoms with E-state index >= 15 is 0 Å². The number of fused-ring (bicyclic) bond motifs is 1. The molecule has 1 aliphatic heterocycles.